The van der Waals surface area contributed by atoms with Gasteiger partial charge in [0.05, 0.1) is 18.4 Å². The lowest BCUT2D eigenvalue weighted by atomic mass is 10.1. The van der Waals surface area contributed by atoms with Gasteiger partial charge >= 0.3 is 5.97 Å². The van der Waals surface area contributed by atoms with Gasteiger partial charge in [-0.1, -0.05) is 31.9 Å². The van der Waals surface area contributed by atoms with Gasteiger partial charge in [-0.25, -0.2) is 4.79 Å². The maximum Gasteiger partial charge on any atom is 0.339 e. The van der Waals surface area contributed by atoms with E-state index < -0.39 is 5.97 Å². The molecule has 0 aliphatic heterocycles. The molecule has 0 spiro atoms. The van der Waals surface area contributed by atoms with Crippen LogP contribution in [-0.4, -0.2) is 38.0 Å². The van der Waals surface area contributed by atoms with Crippen LogP contribution < -0.4 is 10.2 Å². The van der Waals surface area contributed by atoms with Gasteiger partial charge in [-0.3, -0.25) is 9.59 Å². The van der Waals surface area contributed by atoms with Crippen LogP contribution in [0.4, 0.5) is 5.69 Å². The molecular formula is C17H24N2O4. The van der Waals surface area contributed by atoms with E-state index in [0.29, 0.717) is 12.2 Å². The summed E-state index contributed by atoms with van der Waals surface area (Å²) in [6.45, 7) is 3.90. The monoisotopic (exact) mass is 320 g/mol. The van der Waals surface area contributed by atoms with E-state index in [0.717, 1.165) is 19.3 Å². The van der Waals surface area contributed by atoms with Crippen molar-refractivity contribution in [2.24, 2.45) is 0 Å². The first-order valence-electron chi connectivity index (χ1n) is 7.73. The first-order valence-corrected chi connectivity index (χ1v) is 7.73. The fraction of sp³-hybridized carbons (Fsp3) is 0.471. The minimum atomic E-state index is -0.546. The normalized spacial score (nSPS) is 10.0. The molecule has 0 atom stereocenters. The Balaban J connectivity index is 2.85. The third-order valence-corrected chi connectivity index (χ3v) is 3.38. The van der Waals surface area contributed by atoms with Crippen molar-refractivity contribution in [1.82, 2.24) is 5.32 Å². The Hall–Kier alpha value is -2.37. The highest BCUT2D eigenvalue weighted by Crippen LogP contribution is 2.21. The van der Waals surface area contributed by atoms with Crippen molar-refractivity contribution < 1.29 is 19.1 Å². The number of methoxy groups -OCH3 is 1. The van der Waals surface area contributed by atoms with Crippen LogP contribution >= 0.6 is 0 Å². The van der Waals surface area contributed by atoms with Gasteiger partial charge in [-0.15, -0.1) is 0 Å². The molecule has 1 rings (SSSR count). The lowest BCUT2D eigenvalue weighted by Crippen LogP contribution is -2.40. The fourth-order valence-corrected chi connectivity index (χ4v) is 2.16. The van der Waals surface area contributed by atoms with Crippen molar-refractivity contribution in [3.8, 4) is 0 Å². The maximum absolute atomic E-state index is 12.0. The summed E-state index contributed by atoms with van der Waals surface area (Å²) in [6.07, 6.45) is 3.02. The molecule has 0 aliphatic rings. The van der Waals surface area contributed by atoms with Gasteiger partial charge < -0.3 is 15.0 Å². The number of amides is 2. The lowest BCUT2D eigenvalue weighted by molar-refractivity contribution is -0.123. The van der Waals surface area contributed by atoms with E-state index in [9.17, 15) is 14.4 Å². The number of para-hydroxylation sites is 1. The number of benzene rings is 1. The first-order chi connectivity index (χ1) is 11.0. The molecule has 126 valence electrons. The molecule has 1 N–H and O–H groups in total. The number of nitrogens with one attached hydrogen (secondary N) is 1. The predicted octanol–water partition coefficient (Wildman–Crippen LogP) is 2.13. The zero-order chi connectivity index (χ0) is 17.2. The molecular weight excluding hydrogens is 296 g/mol. The fourth-order valence-electron chi connectivity index (χ4n) is 2.16. The minimum Gasteiger partial charge on any atom is -0.465 e. The van der Waals surface area contributed by atoms with E-state index in [-0.39, 0.29) is 23.9 Å². The number of hydrogen-bond acceptors (Lipinski definition) is 4. The topological polar surface area (TPSA) is 75.7 Å². The summed E-state index contributed by atoms with van der Waals surface area (Å²) in [6, 6.07) is 6.57. The molecule has 6 nitrogen and oxygen atoms in total. The summed E-state index contributed by atoms with van der Waals surface area (Å²) in [5, 5.41) is 2.79. The van der Waals surface area contributed by atoms with Crippen LogP contribution in [0.5, 0.6) is 0 Å². The van der Waals surface area contributed by atoms with Gasteiger partial charge in [0.1, 0.15) is 6.54 Å². The highest BCUT2D eigenvalue weighted by Gasteiger charge is 2.21. The lowest BCUT2D eigenvalue weighted by Gasteiger charge is -2.22. The van der Waals surface area contributed by atoms with Crippen LogP contribution in [0, 0.1) is 0 Å². The summed E-state index contributed by atoms with van der Waals surface area (Å²) >= 11 is 0. The van der Waals surface area contributed by atoms with Crippen molar-refractivity contribution in [3.63, 3.8) is 0 Å². The first kappa shape index (κ1) is 18.7. The van der Waals surface area contributed by atoms with Gasteiger partial charge in [0.25, 0.3) is 0 Å². The predicted molar refractivity (Wildman–Crippen MR) is 88.3 cm³/mol. The van der Waals surface area contributed by atoms with E-state index in [4.69, 9.17) is 4.74 Å². The number of carbonyl (C=O) groups is 3. The van der Waals surface area contributed by atoms with E-state index in [1.54, 1.807) is 24.3 Å². The van der Waals surface area contributed by atoms with Gasteiger partial charge in [0, 0.05) is 13.5 Å². The van der Waals surface area contributed by atoms with E-state index in [1.165, 1.54) is 18.9 Å². The van der Waals surface area contributed by atoms with E-state index >= 15 is 0 Å². The van der Waals surface area contributed by atoms with Crippen molar-refractivity contribution in [2.75, 3.05) is 25.1 Å². The number of carbonyl (C=O) groups excluding carboxylic acids is 3. The Morgan fingerprint density at radius 3 is 2.48 bits per heavy atom. The van der Waals surface area contributed by atoms with Crippen molar-refractivity contribution in [1.29, 1.82) is 0 Å². The van der Waals surface area contributed by atoms with Gasteiger partial charge in [0.15, 0.2) is 0 Å². The Kier molecular flexibility index (Phi) is 7.80. The molecule has 0 fully saturated rings. The molecule has 1 aromatic rings. The Morgan fingerprint density at radius 1 is 1.17 bits per heavy atom. The average Bonchev–Trinajstić information content (AvgIpc) is 2.55. The molecule has 0 unspecified atom stereocenters. The second-order valence-electron chi connectivity index (χ2n) is 5.17. The van der Waals surface area contributed by atoms with Crippen LogP contribution in [0.1, 0.15) is 43.5 Å². The highest BCUT2D eigenvalue weighted by molar-refractivity contribution is 6.04. The van der Waals surface area contributed by atoms with E-state index in [2.05, 4.69) is 12.2 Å². The molecule has 0 radical (unpaired) electrons. The zero-order valence-electron chi connectivity index (χ0n) is 13.9. The third kappa shape index (κ3) is 5.73. The van der Waals surface area contributed by atoms with Crippen LogP contribution in [0.15, 0.2) is 24.3 Å². The van der Waals surface area contributed by atoms with Crippen LogP contribution in [0.25, 0.3) is 0 Å². The third-order valence-electron chi connectivity index (χ3n) is 3.38. The molecule has 0 bridgehead atoms. The second-order valence-corrected chi connectivity index (χ2v) is 5.17. The van der Waals surface area contributed by atoms with Gasteiger partial charge in [-0.05, 0) is 18.6 Å². The molecule has 0 aliphatic carbocycles. The minimum absolute atomic E-state index is 0.129. The van der Waals surface area contributed by atoms with Crippen molar-refractivity contribution >= 4 is 23.5 Å². The Bertz CT molecular complexity index is 557. The summed E-state index contributed by atoms with van der Waals surface area (Å²) in [7, 11) is 1.28. The number of nitrogens with zero attached hydrogens (tertiary/aromatic N) is 1. The van der Waals surface area contributed by atoms with Crippen LogP contribution in [-0.2, 0) is 14.3 Å². The second kappa shape index (κ2) is 9.61. The maximum atomic E-state index is 12.0. The zero-order valence-corrected chi connectivity index (χ0v) is 13.9. The molecule has 0 saturated carbocycles. The number of esters is 1. The number of rotatable bonds is 8. The summed E-state index contributed by atoms with van der Waals surface area (Å²) in [5.74, 6) is -1.11. The van der Waals surface area contributed by atoms with Crippen molar-refractivity contribution in [2.45, 2.75) is 33.1 Å². The Labute approximate surface area is 136 Å². The molecule has 23 heavy (non-hydrogen) atoms. The summed E-state index contributed by atoms with van der Waals surface area (Å²) in [5.41, 5.74) is 0.625. The number of unbranched alkanes of at least 4 members (excludes halogenated alkanes) is 2. The summed E-state index contributed by atoms with van der Waals surface area (Å²) < 4.78 is 4.73. The van der Waals surface area contributed by atoms with E-state index in [1.807, 2.05) is 0 Å². The molecule has 0 saturated heterocycles. The largest absolute Gasteiger partial charge is 0.465 e. The van der Waals surface area contributed by atoms with Gasteiger partial charge in [0.2, 0.25) is 11.8 Å². The molecule has 1 aromatic carbocycles. The summed E-state index contributed by atoms with van der Waals surface area (Å²) in [4.78, 5) is 37.0. The molecule has 2 amide bonds. The smallest absolute Gasteiger partial charge is 0.339 e. The number of hydrogen-bond donors (Lipinski definition) is 1. The standard InChI is InChI=1S/C17H24N2O4/c1-4-5-8-11-18-16(21)12-19(13(2)20)15-10-7-6-9-14(15)17(22)23-3/h6-7,9-10H,4-5,8,11-12H2,1-3H3,(H,18,21). The van der Waals surface area contributed by atoms with Crippen LogP contribution in [0.3, 0.4) is 0 Å². The number of ether oxygens (including phenoxy) is 1. The van der Waals surface area contributed by atoms with Gasteiger partial charge in [-0.2, -0.15) is 0 Å². The van der Waals surface area contributed by atoms with Crippen molar-refractivity contribution in [3.05, 3.63) is 29.8 Å². The molecule has 6 heteroatoms. The average molecular weight is 320 g/mol. The molecule has 0 heterocycles. The Morgan fingerprint density at radius 2 is 1.87 bits per heavy atom. The SMILES string of the molecule is CCCCCNC(=O)CN(C(C)=O)c1ccccc1C(=O)OC. The highest BCUT2D eigenvalue weighted by atomic mass is 16.5. The van der Waals surface area contributed by atoms with Crippen LogP contribution in [0.2, 0.25) is 0 Å². The number of anilines is 1. The molecule has 0 aromatic heterocycles. The quantitative estimate of drug-likeness (QED) is 0.588.